The summed E-state index contributed by atoms with van der Waals surface area (Å²) in [6, 6.07) is 14.8. The normalized spacial score (nSPS) is 15.1. The third kappa shape index (κ3) is 4.52. The molecule has 0 radical (unpaired) electrons. The van der Waals surface area contributed by atoms with Crippen LogP contribution in [0, 0.1) is 0 Å². The fourth-order valence-electron chi connectivity index (χ4n) is 4.69. The predicted octanol–water partition coefficient (Wildman–Crippen LogP) is 4.38. The molecule has 0 N–H and O–H groups in total. The number of nitrogens with zero attached hydrogens (tertiary/aromatic N) is 4. The van der Waals surface area contributed by atoms with Gasteiger partial charge in [-0.3, -0.25) is 4.79 Å². The maximum atomic E-state index is 13.3. The lowest BCUT2D eigenvalue weighted by Crippen LogP contribution is -2.39. The van der Waals surface area contributed by atoms with Crippen molar-refractivity contribution in [2.24, 2.45) is 0 Å². The Bertz CT molecular complexity index is 1610. The molecule has 0 amide bonds. The van der Waals surface area contributed by atoms with E-state index in [2.05, 4.69) is 4.98 Å². The number of imidazole rings is 1. The van der Waals surface area contributed by atoms with E-state index in [1.54, 1.807) is 24.4 Å². The van der Waals surface area contributed by atoms with Crippen molar-refractivity contribution in [2.75, 3.05) is 20.2 Å². The minimum absolute atomic E-state index is 0.0454. The summed E-state index contributed by atoms with van der Waals surface area (Å²) in [5.41, 5.74) is 2.58. The molecule has 11 heteroatoms. The van der Waals surface area contributed by atoms with Crippen LogP contribution in [-0.4, -0.2) is 59.7 Å². The van der Waals surface area contributed by atoms with Gasteiger partial charge in [0.05, 0.1) is 22.6 Å². The van der Waals surface area contributed by atoms with E-state index in [1.807, 2.05) is 22.8 Å². The van der Waals surface area contributed by atoms with Crippen LogP contribution in [-0.2, 0) is 14.8 Å². The number of esters is 1. The van der Waals surface area contributed by atoms with Gasteiger partial charge in [-0.1, -0.05) is 29.8 Å². The summed E-state index contributed by atoms with van der Waals surface area (Å²) in [5, 5.41) is 0.0934. The fraction of sp³-hybridized carbons (Fsp3) is 0.231. The van der Waals surface area contributed by atoms with E-state index in [0.717, 1.165) is 0 Å². The van der Waals surface area contributed by atoms with Crippen molar-refractivity contribution in [3.05, 3.63) is 76.9 Å². The first kappa shape index (κ1) is 25.1. The summed E-state index contributed by atoms with van der Waals surface area (Å²) in [6.07, 6.45) is 3.29. The van der Waals surface area contributed by atoms with Crippen LogP contribution in [0.5, 0.6) is 0 Å². The maximum absolute atomic E-state index is 13.3. The van der Waals surface area contributed by atoms with Crippen molar-refractivity contribution in [1.82, 2.24) is 18.8 Å². The van der Waals surface area contributed by atoms with Gasteiger partial charge in [0, 0.05) is 36.5 Å². The van der Waals surface area contributed by atoms with Crippen molar-refractivity contribution in [3.8, 4) is 11.4 Å². The molecule has 1 aliphatic rings. The number of rotatable bonds is 6. The molecule has 0 saturated carbocycles. The SMILES string of the molecule is COC(=O)c1ccccc1-c1nc2cccnc2n1C1CCN(S(=O)(=O)c2ccc(C=O)c(Cl)c2)CC1. The van der Waals surface area contributed by atoms with E-state index in [-0.39, 0.29) is 34.6 Å². The highest BCUT2D eigenvalue weighted by atomic mass is 35.5. The number of methoxy groups -OCH3 is 1. The van der Waals surface area contributed by atoms with Gasteiger partial charge in [-0.25, -0.2) is 23.2 Å². The molecule has 37 heavy (non-hydrogen) atoms. The van der Waals surface area contributed by atoms with Crippen molar-refractivity contribution in [2.45, 2.75) is 23.8 Å². The number of aromatic nitrogens is 3. The number of piperidine rings is 1. The number of pyridine rings is 1. The number of ether oxygens (including phenoxy) is 1. The quantitative estimate of drug-likeness (QED) is 0.264. The summed E-state index contributed by atoms with van der Waals surface area (Å²) in [6.45, 7) is 0.537. The zero-order valence-corrected chi connectivity index (χ0v) is 21.4. The Morgan fingerprint density at radius 3 is 2.57 bits per heavy atom. The van der Waals surface area contributed by atoms with E-state index in [9.17, 15) is 18.0 Å². The molecule has 0 bridgehead atoms. The molecule has 0 aliphatic carbocycles. The smallest absolute Gasteiger partial charge is 0.338 e. The average Bonchev–Trinajstić information content (AvgIpc) is 3.32. The molecule has 4 aromatic rings. The van der Waals surface area contributed by atoms with E-state index in [0.29, 0.717) is 47.2 Å². The second-order valence-corrected chi connectivity index (χ2v) is 11.0. The van der Waals surface area contributed by atoms with Crippen LogP contribution in [0.25, 0.3) is 22.6 Å². The molecule has 1 saturated heterocycles. The number of fused-ring (bicyclic) bond motifs is 1. The molecule has 0 unspecified atom stereocenters. The van der Waals surface area contributed by atoms with Gasteiger partial charge in [0.2, 0.25) is 10.0 Å². The van der Waals surface area contributed by atoms with E-state index in [1.165, 1.54) is 29.6 Å². The minimum Gasteiger partial charge on any atom is -0.465 e. The van der Waals surface area contributed by atoms with Crippen molar-refractivity contribution in [3.63, 3.8) is 0 Å². The van der Waals surface area contributed by atoms with Crippen LogP contribution < -0.4 is 0 Å². The Morgan fingerprint density at radius 2 is 1.86 bits per heavy atom. The number of carbonyl (C=O) groups excluding carboxylic acids is 2. The molecule has 9 nitrogen and oxygen atoms in total. The standard InChI is InChI=1S/C26H23ClN4O5S/c1-36-26(33)21-6-3-2-5-20(21)24-29-23-7-4-12-28-25(23)31(24)18-10-13-30(14-11-18)37(34,35)19-9-8-17(16-32)22(27)15-19/h2-9,12,15-16,18H,10-11,13-14H2,1H3. The van der Waals surface area contributed by atoms with Crippen LogP contribution in [0.4, 0.5) is 0 Å². The van der Waals surface area contributed by atoms with Crippen LogP contribution in [0.3, 0.4) is 0 Å². The second kappa shape index (κ2) is 10.0. The zero-order valence-electron chi connectivity index (χ0n) is 19.9. The molecule has 190 valence electrons. The summed E-state index contributed by atoms with van der Waals surface area (Å²) in [4.78, 5) is 32.9. The van der Waals surface area contributed by atoms with Crippen molar-refractivity contribution < 1.29 is 22.7 Å². The highest BCUT2D eigenvalue weighted by molar-refractivity contribution is 7.89. The van der Waals surface area contributed by atoms with Crippen molar-refractivity contribution >= 4 is 45.0 Å². The first-order valence-corrected chi connectivity index (χ1v) is 13.4. The summed E-state index contributed by atoms with van der Waals surface area (Å²) < 4.78 is 35.0. The van der Waals surface area contributed by atoms with Gasteiger partial charge in [0.25, 0.3) is 0 Å². The van der Waals surface area contributed by atoms with Crippen LogP contribution in [0.2, 0.25) is 5.02 Å². The molecule has 2 aromatic heterocycles. The molecule has 0 spiro atoms. The highest BCUT2D eigenvalue weighted by Gasteiger charge is 2.33. The minimum atomic E-state index is -3.80. The Balaban J connectivity index is 1.49. The number of aldehydes is 1. The lowest BCUT2D eigenvalue weighted by atomic mass is 10.0. The third-order valence-corrected chi connectivity index (χ3v) is 8.77. The molecule has 1 aliphatic heterocycles. The molecule has 1 fully saturated rings. The Kier molecular flexibility index (Phi) is 6.80. The predicted molar refractivity (Wildman–Crippen MR) is 138 cm³/mol. The highest BCUT2D eigenvalue weighted by Crippen LogP contribution is 2.35. The van der Waals surface area contributed by atoms with Crippen LogP contribution >= 0.6 is 11.6 Å². The van der Waals surface area contributed by atoms with Crippen molar-refractivity contribution in [1.29, 1.82) is 0 Å². The zero-order chi connectivity index (χ0) is 26.2. The lowest BCUT2D eigenvalue weighted by Gasteiger charge is -2.32. The number of benzene rings is 2. The van der Waals surface area contributed by atoms with Crippen LogP contribution in [0.1, 0.15) is 39.6 Å². The molecule has 2 aromatic carbocycles. The second-order valence-electron chi connectivity index (χ2n) is 8.63. The first-order valence-electron chi connectivity index (χ1n) is 11.6. The number of sulfonamides is 1. The Morgan fingerprint density at radius 1 is 1.11 bits per heavy atom. The van der Waals surface area contributed by atoms with Gasteiger partial charge in [0.15, 0.2) is 11.9 Å². The number of halogens is 1. The van der Waals surface area contributed by atoms with E-state index in [4.69, 9.17) is 21.3 Å². The molecule has 0 atom stereocenters. The molecular formula is C26H23ClN4O5S. The number of hydrogen-bond acceptors (Lipinski definition) is 7. The summed E-state index contributed by atoms with van der Waals surface area (Å²) in [5.74, 6) is 0.106. The van der Waals surface area contributed by atoms with Crippen LogP contribution in [0.15, 0.2) is 65.7 Å². The first-order chi connectivity index (χ1) is 17.8. The van der Waals surface area contributed by atoms with Gasteiger partial charge in [-0.2, -0.15) is 4.31 Å². The largest absolute Gasteiger partial charge is 0.465 e. The maximum Gasteiger partial charge on any atom is 0.338 e. The van der Waals surface area contributed by atoms with Gasteiger partial charge in [0.1, 0.15) is 11.3 Å². The molecule has 3 heterocycles. The fourth-order valence-corrected chi connectivity index (χ4v) is 6.47. The lowest BCUT2D eigenvalue weighted by molar-refractivity contribution is 0.0601. The monoisotopic (exact) mass is 538 g/mol. The summed E-state index contributed by atoms with van der Waals surface area (Å²) >= 11 is 6.08. The summed E-state index contributed by atoms with van der Waals surface area (Å²) in [7, 11) is -2.46. The third-order valence-electron chi connectivity index (χ3n) is 6.55. The Hall–Kier alpha value is -3.60. The molecule has 5 rings (SSSR count). The average molecular weight is 539 g/mol. The van der Waals surface area contributed by atoms with E-state index >= 15 is 0 Å². The number of carbonyl (C=O) groups is 2. The van der Waals surface area contributed by atoms with Gasteiger partial charge >= 0.3 is 5.97 Å². The van der Waals surface area contributed by atoms with Gasteiger partial charge in [-0.05, 0) is 49.2 Å². The van der Waals surface area contributed by atoms with Gasteiger partial charge in [-0.15, -0.1) is 0 Å². The van der Waals surface area contributed by atoms with E-state index < -0.39 is 16.0 Å². The van der Waals surface area contributed by atoms with Gasteiger partial charge < -0.3 is 9.30 Å². The molecular weight excluding hydrogens is 516 g/mol. The Labute approximate surface area is 218 Å². The number of hydrogen-bond donors (Lipinski definition) is 0. The topological polar surface area (TPSA) is 111 Å².